The summed E-state index contributed by atoms with van der Waals surface area (Å²) in [5.74, 6) is -0.447. The van der Waals surface area contributed by atoms with E-state index < -0.39 is 12.0 Å². The van der Waals surface area contributed by atoms with E-state index in [1.807, 2.05) is 0 Å². The number of aliphatic hydroxyl groups excluding tert-OH is 1. The first-order valence-electron chi connectivity index (χ1n) is 6.02. The molecule has 0 aliphatic carbocycles. The number of amides is 1. The van der Waals surface area contributed by atoms with Crippen molar-refractivity contribution in [2.45, 2.75) is 6.10 Å². The van der Waals surface area contributed by atoms with Crippen LogP contribution in [0, 0.1) is 0 Å². The van der Waals surface area contributed by atoms with Gasteiger partial charge in [-0.1, -0.05) is 30.3 Å². The molecule has 0 fully saturated rings. The molecule has 102 valence electrons. The number of nitrogens with one attached hydrogen (secondary N) is 1. The number of hydrazone groups is 1. The van der Waals surface area contributed by atoms with Crippen LogP contribution in [0.4, 0.5) is 0 Å². The summed E-state index contributed by atoms with van der Waals surface area (Å²) < 4.78 is 0. The van der Waals surface area contributed by atoms with Gasteiger partial charge in [0.05, 0.1) is 6.21 Å². The molecule has 2 aromatic rings. The fourth-order valence-electron chi connectivity index (χ4n) is 1.58. The lowest BCUT2D eigenvalue weighted by molar-refractivity contribution is -0.129. The van der Waals surface area contributed by atoms with Crippen LogP contribution in [-0.2, 0) is 4.79 Å². The third-order valence-corrected chi connectivity index (χ3v) is 2.65. The number of aromatic hydroxyl groups is 1. The van der Waals surface area contributed by atoms with Crippen LogP contribution in [0.15, 0.2) is 59.7 Å². The second kappa shape index (κ2) is 6.49. The van der Waals surface area contributed by atoms with Crippen molar-refractivity contribution in [3.8, 4) is 5.75 Å². The maximum atomic E-state index is 11.7. The Morgan fingerprint density at radius 3 is 2.40 bits per heavy atom. The molecule has 3 N–H and O–H groups in total. The quantitative estimate of drug-likeness (QED) is 0.582. The highest BCUT2D eigenvalue weighted by atomic mass is 16.3. The molecule has 1 atom stereocenters. The van der Waals surface area contributed by atoms with E-state index in [0.717, 1.165) is 5.56 Å². The third kappa shape index (κ3) is 3.66. The summed E-state index contributed by atoms with van der Waals surface area (Å²) in [6.07, 6.45) is 0.169. The first kappa shape index (κ1) is 13.8. The summed E-state index contributed by atoms with van der Waals surface area (Å²) in [4.78, 5) is 11.7. The van der Waals surface area contributed by atoms with Gasteiger partial charge in [-0.25, -0.2) is 5.43 Å². The standard InChI is InChI=1S/C15H14N2O3/c18-13-8-6-11(7-9-13)10-16-17-15(20)14(19)12-4-2-1-3-5-12/h1-10,14,18-19H,(H,17,20). The highest BCUT2D eigenvalue weighted by Gasteiger charge is 2.15. The number of phenolic OH excluding ortho intramolecular Hbond substituents is 1. The molecular formula is C15H14N2O3. The van der Waals surface area contributed by atoms with E-state index in [9.17, 15) is 9.90 Å². The van der Waals surface area contributed by atoms with Crippen molar-refractivity contribution in [2.24, 2.45) is 5.10 Å². The molecule has 1 unspecified atom stereocenters. The first-order chi connectivity index (χ1) is 9.66. The predicted octanol–water partition coefficient (Wildman–Crippen LogP) is 1.58. The summed E-state index contributed by atoms with van der Waals surface area (Å²) in [6.45, 7) is 0. The van der Waals surface area contributed by atoms with Gasteiger partial charge < -0.3 is 10.2 Å². The molecule has 0 heterocycles. The van der Waals surface area contributed by atoms with Gasteiger partial charge in [0.2, 0.25) is 0 Å². The van der Waals surface area contributed by atoms with Crippen molar-refractivity contribution in [1.82, 2.24) is 5.43 Å². The maximum Gasteiger partial charge on any atom is 0.273 e. The number of carbonyl (C=O) groups excluding carboxylic acids is 1. The van der Waals surface area contributed by atoms with E-state index in [1.54, 1.807) is 42.5 Å². The molecule has 5 heteroatoms. The molecule has 5 nitrogen and oxygen atoms in total. The lowest BCUT2D eigenvalue weighted by atomic mass is 10.1. The molecule has 0 aromatic heterocycles. The van der Waals surface area contributed by atoms with E-state index in [-0.39, 0.29) is 5.75 Å². The Morgan fingerprint density at radius 2 is 1.75 bits per heavy atom. The third-order valence-electron chi connectivity index (χ3n) is 2.65. The van der Waals surface area contributed by atoms with Crippen LogP contribution in [-0.4, -0.2) is 22.3 Å². The minimum Gasteiger partial charge on any atom is -0.508 e. The molecule has 0 saturated carbocycles. The number of benzene rings is 2. The molecule has 20 heavy (non-hydrogen) atoms. The van der Waals surface area contributed by atoms with Crippen LogP contribution >= 0.6 is 0 Å². The van der Waals surface area contributed by atoms with Gasteiger partial charge in [-0.05, 0) is 35.4 Å². The van der Waals surface area contributed by atoms with Crippen molar-refractivity contribution in [3.05, 3.63) is 65.7 Å². The van der Waals surface area contributed by atoms with Crippen LogP contribution in [0.5, 0.6) is 5.75 Å². The van der Waals surface area contributed by atoms with Crippen LogP contribution in [0.25, 0.3) is 0 Å². The van der Waals surface area contributed by atoms with Crippen LogP contribution in [0.3, 0.4) is 0 Å². The highest BCUT2D eigenvalue weighted by molar-refractivity contribution is 5.85. The molecular weight excluding hydrogens is 256 g/mol. The van der Waals surface area contributed by atoms with Crippen LogP contribution in [0.1, 0.15) is 17.2 Å². The van der Waals surface area contributed by atoms with E-state index in [0.29, 0.717) is 5.56 Å². The largest absolute Gasteiger partial charge is 0.508 e. The number of phenols is 1. The van der Waals surface area contributed by atoms with Crippen LogP contribution in [0.2, 0.25) is 0 Å². The summed E-state index contributed by atoms with van der Waals surface area (Å²) in [6, 6.07) is 14.9. The molecule has 1 amide bonds. The first-order valence-corrected chi connectivity index (χ1v) is 6.02. The van der Waals surface area contributed by atoms with E-state index in [1.165, 1.54) is 18.3 Å². The molecule has 0 bridgehead atoms. The van der Waals surface area contributed by atoms with Gasteiger partial charge in [-0.2, -0.15) is 5.10 Å². The second-order valence-electron chi connectivity index (χ2n) is 4.14. The van der Waals surface area contributed by atoms with Crippen molar-refractivity contribution in [3.63, 3.8) is 0 Å². The Bertz CT molecular complexity index is 594. The average molecular weight is 270 g/mol. The van der Waals surface area contributed by atoms with Gasteiger partial charge >= 0.3 is 0 Å². The van der Waals surface area contributed by atoms with Gasteiger partial charge in [0.25, 0.3) is 5.91 Å². The van der Waals surface area contributed by atoms with Crippen LogP contribution < -0.4 is 5.43 Å². The molecule has 0 spiro atoms. The van der Waals surface area contributed by atoms with Gasteiger partial charge in [0.15, 0.2) is 6.10 Å². The minimum absolute atomic E-state index is 0.158. The van der Waals surface area contributed by atoms with Gasteiger partial charge in [-0.3, -0.25) is 4.79 Å². The topological polar surface area (TPSA) is 81.9 Å². The molecule has 0 aliphatic rings. The predicted molar refractivity (Wildman–Crippen MR) is 75.2 cm³/mol. The number of aliphatic hydroxyl groups is 1. The van der Waals surface area contributed by atoms with Crippen molar-refractivity contribution >= 4 is 12.1 Å². The van der Waals surface area contributed by atoms with Crippen molar-refractivity contribution < 1.29 is 15.0 Å². The zero-order valence-electron chi connectivity index (χ0n) is 10.6. The fourth-order valence-corrected chi connectivity index (χ4v) is 1.58. The maximum absolute atomic E-state index is 11.7. The summed E-state index contributed by atoms with van der Waals surface area (Å²) >= 11 is 0. The summed E-state index contributed by atoms with van der Waals surface area (Å²) in [7, 11) is 0. The van der Waals surface area contributed by atoms with Crippen molar-refractivity contribution in [2.75, 3.05) is 0 Å². The Morgan fingerprint density at radius 1 is 1.10 bits per heavy atom. The second-order valence-corrected chi connectivity index (χ2v) is 4.14. The van der Waals surface area contributed by atoms with Gasteiger partial charge in [0.1, 0.15) is 5.75 Å². The Hall–Kier alpha value is -2.66. The van der Waals surface area contributed by atoms with Gasteiger partial charge in [0, 0.05) is 0 Å². The fraction of sp³-hybridized carbons (Fsp3) is 0.0667. The lowest BCUT2D eigenvalue weighted by Gasteiger charge is -2.08. The smallest absolute Gasteiger partial charge is 0.273 e. The average Bonchev–Trinajstić information content (AvgIpc) is 2.49. The zero-order chi connectivity index (χ0) is 14.4. The molecule has 0 saturated heterocycles. The van der Waals surface area contributed by atoms with E-state index in [4.69, 9.17) is 5.11 Å². The van der Waals surface area contributed by atoms with E-state index in [2.05, 4.69) is 10.5 Å². The zero-order valence-corrected chi connectivity index (χ0v) is 10.6. The Balaban J connectivity index is 1.93. The normalized spacial score (nSPS) is 12.2. The molecule has 2 rings (SSSR count). The number of rotatable bonds is 4. The molecule has 2 aromatic carbocycles. The number of carbonyl (C=O) groups is 1. The monoisotopic (exact) mass is 270 g/mol. The lowest BCUT2D eigenvalue weighted by Crippen LogP contribution is -2.25. The molecule has 0 aliphatic heterocycles. The minimum atomic E-state index is -1.26. The summed E-state index contributed by atoms with van der Waals surface area (Å²) in [5, 5.41) is 22.7. The number of hydrogen-bond donors (Lipinski definition) is 3. The van der Waals surface area contributed by atoms with Crippen molar-refractivity contribution in [1.29, 1.82) is 0 Å². The highest BCUT2D eigenvalue weighted by Crippen LogP contribution is 2.11. The van der Waals surface area contributed by atoms with E-state index >= 15 is 0 Å². The number of nitrogens with zero attached hydrogens (tertiary/aromatic N) is 1. The SMILES string of the molecule is O=C(NN=Cc1ccc(O)cc1)C(O)c1ccccc1. The Labute approximate surface area is 116 Å². The number of hydrogen-bond acceptors (Lipinski definition) is 4. The molecule has 0 radical (unpaired) electrons. The van der Waals surface area contributed by atoms with Gasteiger partial charge in [-0.15, -0.1) is 0 Å². The summed E-state index contributed by atoms with van der Waals surface area (Å²) in [5.41, 5.74) is 3.49. The Kier molecular flexibility index (Phi) is 4.47.